The number of rotatable bonds is 2. The third-order valence-corrected chi connectivity index (χ3v) is 7.88. The summed E-state index contributed by atoms with van der Waals surface area (Å²) in [4.78, 5) is 7.23. The average Bonchev–Trinajstić information content (AvgIpc) is 3.30. The molecule has 1 aliphatic rings. The molecule has 6 aromatic rings. The zero-order valence-electron chi connectivity index (χ0n) is 21.6. The maximum atomic E-state index is 7.58. The Kier molecular flexibility index (Phi) is 4.89. The summed E-state index contributed by atoms with van der Waals surface area (Å²) in [5, 5.41) is 2.12. The number of hydrogen-bond donors (Lipinski definition) is 0. The molecule has 0 saturated carbocycles. The Labute approximate surface area is 227 Å². The summed E-state index contributed by atoms with van der Waals surface area (Å²) in [6.45, 7) is 19.4. The second-order valence-corrected chi connectivity index (χ2v) is 10.4. The average molecular weight is 502 g/mol. The molecule has 0 atom stereocenters. The highest BCUT2D eigenvalue weighted by atomic mass is 16.5. The fraction of sp³-hybridized carbons (Fsp3) is 0.0857. The van der Waals surface area contributed by atoms with E-state index in [0.717, 1.165) is 55.7 Å². The van der Waals surface area contributed by atoms with Crippen LogP contribution in [0.3, 0.4) is 0 Å². The molecule has 0 fully saturated rings. The van der Waals surface area contributed by atoms with Gasteiger partial charge in [0.2, 0.25) is 0 Å². The van der Waals surface area contributed by atoms with Gasteiger partial charge in [-0.05, 0) is 71.1 Å². The summed E-state index contributed by atoms with van der Waals surface area (Å²) in [6, 6.07) is 34.7. The molecule has 0 amide bonds. The van der Waals surface area contributed by atoms with Crippen molar-refractivity contribution in [1.29, 1.82) is 0 Å². The van der Waals surface area contributed by atoms with Crippen molar-refractivity contribution in [2.75, 3.05) is 0 Å². The number of ether oxygens (including phenoxy) is 1. The number of fused-ring (bicyclic) bond motifs is 5. The van der Waals surface area contributed by atoms with Crippen molar-refractivity contribution < 1.29 is 4.74 Å². The van der Waals surface area contributed by atoms with E-state index in [4.69, 9.17) is 17.9 Å². The standard InChI is InChI=1S/C35H23N3O/c1-35(2)29-7-5-6-8-33(29)39-34-18-10-23(20-30(34)35)22-9-16-31-27(19-22)28-21-25(37-4)13-17-32(28)38(31)26-14-11-24(36-3)12-15-26/h5-21H,1-2H3. The lowest BCUT2D eigenvalue weighted by Crippen LogP contribution is -2.24. The molecule has 184 valence electrons. The molecular formula is C35H23N3O. The van der Waals surface area contributed by atoms with Crippen LogP contribution in [-0.2, 0) is 5.41 Å². The van der Waals surface area contributed by atoms with Gasteiger partial charge in [-0.1, -0.05) is 62.4 Å². The molecule has 4 nitrogen and oxygen atoms in total. The van der Waals surface area contributed by atoms with Crippen LogP contribution in [0.1, 0.15) is 25.0 Å². The molecule has 0 unspecified atom stereocenters. The van der Waals surface area contributed by atoms with Crippen LogP contribution in [0.4, 0.5) is 11.4 Å². The second kappa shape index (κ2) is 8.35. The first-order valence-corrected chi connectivity index (χ1v) is 12.8. The van der Waals surface area contributed by atoms with Gasteiger partial charge in [0.15, 0.2) is 11.4 Å². The van der Waals surface area contributed by atoms with Crippen LogP contribution in [-0.4, -0.2) is 4.57 Å². The van der Waals surface area contributed by atoms with Gasteiger partial charge in [-0.3, -0.25) is 0 Å². The number of nitrogens with zero attached hydrogens (tertiary/aromatic N) is 3. The monoisotopic (exact) mass is 501 g/mol. The van der Waals surface area contributed by atoms with Crippen molar-refractivity contribution >= 4 is 33.2 Å². The Morgan fingerprint density at radius 3 is 2.00 bits per heavy atom. The summed E-state index contributed by atoms with van der Waals surface area (Å²) in [7, 11) is 0. The van der Waals surface area contributed by atoms with Gasteiger partial charge in [-0.2, -0.15) is 0 Å². The van der Waals surface area contributed by atoms with Gasteiger partial charge in [0.05, 0.1) is 24.2 Å². The van der Waals surface area contributed by atoms with E-state index in [9.17, 15) is 0 Å². The summed E-state index contributed by atoms with van der Waals surface area (Å²) < 4.78 is 8.48. The van der Waals surface area contributed by atoms with Crippen LogP contribution < -0.4 is 4.74 Å². The molecule has 39 heavy (non-hydrogen) atoms. The molecule has 0 bridgehead atoms. The van der Waals surface area contributed by atoms with Crippen molar-refractivity contribution in [1.82, 2.24) is 4.57 Å². The number of benzene rings is 5. The van der Waals surface area contributed by atoms with E-state index >= 15 is 0 Å². The van der Waals surface area contributed by atoms with E-state index in [-0.39, 0.29) is 5.41 Å². The van der Waals surface area contributed by atoms with Crippen LogP contribution >= 0.6 is 0 Å². The third kappa shape index (κ3) is 3.43. The number of para-hydroxylation sites is 1. The van der Waals surface area contributed by atoms with Crippen molar-refractivity contribution in [3.05, 3.63) is 137 Å². The van der Waals surface area contributed by atoms with Gasteiger partial charge < -0.3 is 9.30 Å². The fourth-order valence-corrected chi connectivity index (χ4v) is 5.84. The topological polar surface area (TPSA) is 22.9 Å². The predicted molar refractivity (Wildman–Crippen MR) is 157 cm³/mol. The van der Waals surface area contributed by atoms with Gasteiger partial charge in [0, 0.05) is 27.6 Å². The van der Waals surface area contributed by atoms with Crippen molar-refractivity contribution in [3.8, 4) is 28.3 Å². The molecule has 1 aliphatic heterocycles. The molecular weight excluding hydrogens is 478 g/mol. The lowest BCUT2D eigenvalue weighted by Gasteiger charge is -2.34. The Balaban J connectivity index is 1.42. The van der Waals surface area contributed by atoms with Gasteiger partial charge >= 0.3 is 0 Å². The molecule has 0 N–H and O–H groups in total. The van der Waals surface area contributed by atoms with E-state index < -0.39 is 0 Å². The van der Waals surface area contributed by atoms with E-state index in [1.807, 2.05) is 54.6 Å². The van der Waals surface area contributed by atoms with Crippen LogP contribution in [0.25, 0.3) is 48.3 Å². The van der Waals surface area contributed by atoms with E-state index in [2.05, 4.69) is 76.6 Å². The molecule has 0 saturated heterocycles. The lowest BCUT2D eigenvalue weighted by molar-refractivity contribution is 0.418. The molecule has 2 heterocycles. The highest BCUT2D eigenvalue weighted by Crippen LogP contribution is 2.49. The zero-order valence-corrected chi connectivity index (χ0v) is 21.6. The molecule has 1 aromatic heterocycles. The first-order chi connectivity index (χ1) is 19.0. The van der Waals surface area contributed by atoms with Crippen LogP contribution in [0.2, 0.25) is 0 Å². The smallest absolute Gasteiger partial charge is 0.188 e. The summed E-state index contributed by atoms with van der Waals surface area (Å²) >= 11 is 0. The Morgan fingerprint density at radius 2 is 1.23 bits per heavy atom. The van der Waals surface area contributed by atoms with E-state index in [1.165, 1.54) is 5.56 Å². The van der Waals surface area contributed by atoms with Gasteiger partial charge in [-0.25, -0.2) is 9.69 Å². The van der Waals surface area contributed by atoms with Crippen LogP contribution in [0, 0.1) is 13.1 Å². The molecule has 0 spiro atoms. The van der Waals surface area contributed by atoms with Gasteiger partial charge in [0.25, 0.3) is 0 Å². The van der Waals surface area contributed by atoms with Crippen LogP contribution in [0.15, 0.2) is 103 Å². The molecule has 4 heteroatoms. The summed E-state index contributed by atoms with van der Waals surface area (Å²) in [6.07, 6.45) is 0. The Hall–Kier alpha value is -5.32. The number of aromatic nitrogens is 1. The van der Waals surface area contributed by atoms with Gasteiger partial charge in [-0.15, -0.1) is 0 Å². The summed E-state index contributed by atoms with van der Waals surface area (Å²) in [5.41, 5.74) is 8.68. The van der Waals surface area contributed by atoms with E-state index in [1.54, 1.807) is 0 Å². The largest absolute Gasteiger partial charge is 0.457 e. The minimum Gasteiger partial charge on any atom is -0.457 e. The maximum Gasteiger partial charge on any atom is 0.188 e. The minimum absolute atomic E-state index is 0.192. The SMILES string of the molecule is [C-]#[N+]c1ccc(-n2c3ccc([N+]#[C-])cc3c3cc(-c4ccc5c(c4)C(C)(C)c4ccccc4O5)ccc32)cc1. The first kappa shape index (κ1) is 22.8. The highest BCUT2D eigenvalue weighted by molar-refractivity contribution is 6.11. The normalized spacial score (nSPS) is 13.2. The molecule has 0 aliphatic carbocycles. The quantitative estimate of drug-likeness (QED) is 0.217. The Bertz CT molecular complexity index is 2030. The summed E-state index contributed by atoms with van der Waals surface area (Å²) in [5.74, 6) is 1.81. The zero-order chi connectivity index (χ0) is 26.7. The van der Waals surface area contributed by atoms with Gasteiger partial charge in [0.1, 0.15) is 11.5 Å². The van der Waals surface area contributed by atoms with E-state index in [0.29, 0.717) is 11.4 Å². The van der Waals surface area contributed by atoms with Crippen molar-refractivity contribution in [3.63, 3.8) is 0 Å². The molecule has 0 radical (unpaired) electrons. The third-order valence-electron chi connectivity index (χ3n) is 7.88. The van der Waals surface area contributed by atoms with Crippen LogP contribution in [0.5, 0.6) is 11.5 Å². The Morgan fingerprint density at radius 1 is 0.615 bits per heavy atom. The minimum atomic E-state index is -0.192. The van der Waals surface area contributed by atoms with Crippen molar-refractivity contribution in [2.45, 2.75) is 19.3 Å². The predicted octanol–water partition coefficient (Wildman–Crippen LogP) is 9.98. The maximum absolute atomic E-state index is 7.58. The fourth-order valence-electron chi connectivity index (χ4n) is 5.84. The number of hydrogen-bond acceptors (Lipinski definition) is 1. The molecule has 5 aromatic carbocycles. The van der Waals surface area contributed by atoms with Crippen molar-refractivity contribution in [2.24, 2.45) is 0 Å². The lowest BCUT2D eigenvalue weighted by atomic mass is 9.75. The second-order valence-electron chi connectivity index (χ2n) is 10.4. The molecule has 7 rings (SSSR count). The first-order valence-electron chi connectivity index (χ1n) is 12.8. The highest BCUT2D eigenvalue weighted by Gasteiger charge is 2.34.